The number of benzene rings is 5. The summed E-state index contributed by atoms with van der Waals surface area (Å²) in [5, 5.41) is 0. The van der Waals surface area contributed by atoms with Crippen molar-refractivity contribution in [3.8, 4) is 23.0 Å². The minimum absolute atomic E-state index is 0.805. The average Bonchev–Trinajstić information content (AvgIpc) is 3.09. The lowest BCUT2D eigenvalue weighted by Gasteiger charge is -2.22. The lowest BCUT2D eigenvalue weighted by molar-refractivity contribution is 0.411. The summed E-state index contributed by atoms with van der Waals surface area (Å²) in [5.74, 6) is 3.27. The second-order valence-electron chi connectivity index (χ2n) is 10.2. The van der Waals surface area contributed by atoms with Gasteiger partial charge < -0.3 is 23.8 Å². The molecule has 0 N–H and O–H groups in total. The Kier molecular flexibility index (Phi) is 9.68. The molecule has 0 heterocycles. The van der Waals surface area contributed by atoms with Crippen molar-refractivity contribution < 1.29 is 18.9 Å². The van der Waals surface area contributed by atoms with Gasteiger partial charge in [0.1, 0.15) is 23.0 Å². The third-order valence-electron chi connectivity index (χ3n) is 7.50. The maximum Gasteiger partial charge on any atom is 0.121 e. The smallest absolute Gasteiger partial charge is 0.121 e. The van der Waals surface area contributed by atoms with E-state index in [0.29, 0.717) is 0 Å². The number of nitrogens with zero attached hydrogens (tertiary/aromatic N) is 1. The Morgan fingerprint density at radius 1 is 0.477 bits per heavy atom. The number of ether oxygens (including phenoxy) is 4. The predicted molar refractivity (Wildman–Crippen MR) is 180 cm³/mol. The molecule has 5 aromatic rings. The minimum Gasteiger partial charge on any atom is -0.497 e. The van der Waals surface area contributed by atoms with Gasteiger partial charge in [0.05, 0.1) is 28.4 Å². The quantitative estimate of drug-likeness (QED) is 0.155. The topological polar surface area (TPSA) is 40.2 Å². The molecule has 0 aromatic heterocycles. The summed E-state index contributed by atoms with van der Waals surface area (Å²) in [4.78, 5) is 2.18. The lowest BCUT2D eigenvalue weighted by atomic mass is 9.96. The molecule has 0 radical (unpaired) electrons. The minimum atomic E-state index is 0.805. The van der Waals surface area contributed by atoms with Gasteiger partial charge in [-0.05, 0) is 95.4 Å². The molecule has 5 aromatic carbocycles. The van der Waals surface area contributed by atoms with Crippen LogP contribution < -0.4 is 23.8 Å². The van der Waals surface area contributed by atoms with Gasteiger partial charge in [-0.25, -0.2) is 0 Å². The largest absolute Gasteiger partial charge is 0.497 e. The zero-order valence-corrected chi connectivity index (χ0v) is 25.8. The van der Waals surface area contributed by atoms with E-state index < -0.39 is 0 Å². The van der Waals surface area contributed by atoms with Crippen LogP contribution in [0.4, 0.5) is 5.69 Å². The van der Waals surface area contributed by atoms with Gasteiger partial charge in [-0.15, -0.1) is 0 Å². The summed E-state index contributed by atoms with van der Waals surface area (Å²) in [5.41, 5.74) is 8.39. The molecule has 0 aliphatic rings. The van der Waals surface area contributed by atoms with Gasteiger partial charge in [0.15, 0.2) is 0 Å². The highest BCUT2D eigenvalue weighted by Crippen LogP contribution is 2.33. The molecule has 0 aliphatic heterocycles. The van der Waals surface area contributed by atoms with E-state index in [1.54, 1.807) is 28.4 Å². The molecule has 0 unspecified atom stereocenters. The first-order valence-electron chi connectivity index (χ1n) is 14.4. The number of methoxy groups -OCH3 is 4. The maximum absolute atomic E-state index is 5.58. The summed E-state index contributed by atoms with van der Waals surface area (Å²) in [6.45, 7) is 2.06. The van der Waals surface area contributed by atoms with Crippen LogP contribution in [-0.4, -0.2) is 28.4 Å². The van der Waals surface area contributed by atoms with Gasteiger partial charge in [-0.1, -0.05) is 60.7 Å². The highest BCUT2D eigenvalue weighted by Gasteiger charge is 2.14. The molecule has 222 valence electrons. The van der Waals surface area contributed by atoms with Crippen LogP contribution in [0.3, 0.4) is 0 Å². The first kappa shape index (κ1) is 30.1. The normalized spacial score (nSPS) is 11.0. The van der Waals surface area contributed by atoms with Crippen molar-refractivity contribution >= 4 is 16.8 Å². The Morgan fingerprint density at radius 3 is 1.27 bits per heavy atom. The third kappa shape index (κ3) is 6.96. The second kappa shape index (κ2) is 14.2. The van der Waals surface area contributed by atoms with Crippen LogP contribution in [-0.2, 0) is 0 Å². The van der Waals surface area contributed by atoms with Gasteiger partial charge in [-0.3, -0.25) is 0 Å². The Balaban J connectivity index is 1.74. The van der Waals surface area contributed by atoms with E-state index >= 15 is 0 Å². The zero-order valence-electron chi connectivity index (χ0n) is 25.8. The third-order valence-corrected chi connectivity index (χ3v) is 7.50. The van der Waals surface area contributed by atoms with Crippen molar-refractivity contribution in [3.05, 3.63) is 162 Å². The van der Waals surface area contributed by atoms with Crippen LogP contribution in [0.15, 0.2) is 134 Å². The molecule has 0 fully saturated rings. The van der Waals surface area contributed by atoms with E-state index in [4.69, 9.17) is 18.9 Å². The molecule has 0 amide bonds. The SMILES string of the molecule is COc1ccc(C(=CN(C=C(c2ccc(OC)cc2)c2ccc(OC)c(C)c2)c2ccccc2)c2ccc(OC)cc2)cc1. The van der Waals surface area contributed by atoms with Crippen molar-refractivity contribution in [1.82, 2.24) is 0 Å². The first-order valence-corrected chi connectivity index (χ1v) is 14.4. The second-order valence-corrected chi connectivity index (χ2v) is 10.2. The lowest BCUT2D eigenvalue weighted by Crippen LogP contribution is -2.11. The zero-order chi connectivity index (χ0) is 30.9. The highest BCUT2D eigenvalue weighted by molar-refractivity contribution is 5.86. The van der Waals surface area contributed by atoms with Gasteiger partial charge in [-0.2, -0.15) is 0 Å². The van der Waals surface area contributed by atoms with E-state index in [2.05, 4.69) is 97.0 Å². The number of aryl methyl sites for hydroxylation is 1. The Morgan fingerprint density at radius 2 is 0.886 bits per heavy atom. The van der Waals surface area contributed by atoms with Gasteiger partial charge >= 0.3 is 0 Å². The van der Waals surface area contributed by atoms with Crippen molar-refractivity contribution in [1.29, 1.82) is 0 Å². The van der Waals surface area contributed by atoms with Crippen LogP contribution in [0, 0.1) is 6.92 Å². The summed E-state index contributed by atoms with van der Waals surface area (Å²) in [6.07, 6.45) is 4.37. The molecule has 5 nitrogen and oxygen atoms in total. The van der Waals surface area contributed by atoms with Gasteiger partial charge in [0.2, 0.25) is 0 Å². The average molecular weight is 584 g/mol. The van der Waals surface area contributed by atoms with Crippen LogP contribution in [0.5, 0.6) is 23.0 Å². The fraction of sp³-hybridized carbons (Fsp3) is 0.128. The molecule has 0 saturated carbocycles. The van der Waals surface area contributed by atoms with E-state index in [9.17, 15) is 0 Å². The van der Waals surface area contributed by atoms with E-state index in [1.165, 1.54) is 0 Å². The highest BCUT2D eigenvalue weighted by atomic mass is 16.5. The molecule has 0 spiro atoms. The van der Waals surface area contributed by atoms with Crippen LogP contribution in [0.1, 0.15) is 27.8 Å². The number of hydrogen-bond donors (Lipinski definition) is 0. The molecule has 44 heavy (non-hydrogen) atoms. The van der Waals surface area contributed by atoms with E-state index in [0.717, 1.165) is 67.6 Å². The molecule has 0 saturated heterocycles. The maximum atomic E-state index is 5.58. The molecule has 5 rings (SSSR count). The monoisotopic (exact) mass is 583 g/mol. The van der Waals surface area contributed by atoms with E-state index in [-0.39, 0.29) is 0 Å². The summed E-state index contributed by atoms with van der Waals surface area (Å²) >= 11 is 0. The molecular formula is C39H37NO4. The number of para-hydroxylation sites is 1. The van der Waals surface area contributed by atoms with Crippen molar-refractivity contribution in [2.75, 3.05) is 33.3 Å². The first-order chi connectivity index (χ1) is 21.5. The fourth-order valence-corrected chi connectivity index (χ4v) is 5.05. The fourth-order valence-electron chi connectivity index (χ4n) is 5.05. The van der Waals surface area contributed by atoms with Crippen LogP contribution in [0.25, 0.3) is 11.1 Å². The predicted octanol–water partition coefficient (Wildman–Crippen LogP) is 9.01. The van der Waals surface area contributed by atoms with Gasteiger partial charge in [0.25, 0.3) is 0 Å². The molecule has 0 aliphatic carbocycles. The molecule has 0 bridgehead atoms. The Labute approximate surface area is 260 Å². The van der Waals surface area contributed by atoms with Crippen molar-refractivity contribution in [2.24, 2.45) is 0 Å². The van der Waals surface area contributed by atoms with Crippen molar-refractivity contribution in [3.63, 3.8) is 0 Å². The number of anilines is 1. The van der Waals surface area contributed by atoms with Crippen molar-refractivity contribution in [2.45, 2.75) is 6.92 Å². The number of rotatable bonds is 11. The standard InChI is InChI=1S/C39H37NO4/c1-28-25-32(17-24-39(28)44-5)38(31-15-22-36(43-4)23-16-31)27-40(33-9-7-6-8-10-33)26-37(29-11-18-34(41-2)19-12-29)30-13-20-35(42-3)21-14-30/h6-27H,1-5H3. The van der Waals surface area contributed by atoms with Gasteiger partial charge in [0, 0.05) is 29.2 Å². The summed E-state index contributed by atoms with van der Waals surface area (Å²) in [6, 6.07) is 41.0. The number of hydrogen-bond acceptors (Lipinski definition) is 5. The van der Waals surface area contributed by atoms with Crippen LogP contribution in [0.2, 0.25) is 0 Å². The molecular weight excluding hydrogens is 546 g/mol. The van der Waals surface area contributed by atoms with Crippen LogP contribution >= 0.6 is 0 Å². The Bertz CT molecular complexity index is 1670. The Hall–Kier alpha value is -5.42. The summed E-state index contributed by atoms with van der Waals surface area (Å²) in [7, 11) is 6.74. The van der Waals surface area contributed by atoms with E-state index in [1.807, 2.05) is 48.5 Å². The summed E-state index contributed by atoms with van der Waals surface area (Å²) < 4.78 is 21.9. The molecule has 5 heteroatoms. The molecule has 0 atom stereocenters.